The Bertz CT molecular complexity index is 440. The predicted molar refractivity (Wildman–Crippen MR) is 85.7 cm³/mol. The van der Waals surface area contributed by atoms with Crippen molar-refractivity contribution in [3.63, 3.8) is 0 Å². The van der Waals surface area contributed by atoms with Crippen LogP contribution < -0.4 is 0 Å². The third-order valence-electron chi connectivity index (χ3n) is 2.69. The molecule has 8 heteroatoms. The monoisotopic (exact) mass is 357 g/mol. The first kappa shape index (κ1) is 18.1. The molecule has 0 radical (unpaired) electrons. The molecule has 2 unspecified atom stereocenters. The first-order valence-electron chi connectivity index (χ1n) is 6.15. The highest BCUT2D eigenvalue weighted by Crippen LogP contribution is 2.45. The third-order valence-corrected chi connectivity index (χ3v) is 5.08. The minimum atomic E-state index is -1.57. The SMILES string of the molecule is CCSC(C(C(=O)C(C)(C)C)n1cncn1)C(Cl)(Cl)Cl. The van der Waals surface area contributed by atoms with Gasteiger partial charge in [-0.1, -0.05) is 62.5 Å². The number of hydrogen-bond donors (Lipinski definition) is 0. The maximum atomic E-state index is 12.7. The van der Waals surface area contributed by atoms with Crippen molar-refractivity contribution < 1.29 is 4.79 Å². The predicted octanol–water partition coefficient (Wildman–Crippen LogP) is 3.93. The molecule has 1 rings (SSSR count). The Morgan fingerprint density at radius 3 is 2.30 bits per heavy atom. The highest BCUT2D eigenvalue weighted by Gasteiger charge is 2.46. The molecule has 0 spiro atoms. The molecule has 1 aromatic rings. The van der Waals surface area contributed by atoms with E-state index in [4.69, 9.17) is 34.8 Å². The van der Waals surface area contributed by atoms with Crippen LogP contribution >= 0.6 is 46.6 Å². The second-order valence-electron chi connectivity index (χ2n) is 5.35. The van der Waals surface area contributed by atoms with E-state index < -0.39 is 20.5 Å². The molecule has 1 aromatic heterocycles. The second kappa shape index (κ2) is 6.86. The minimum Gasteiger partial charge on any atom is -0.297 e. The summed E-state index contributed by atoms with van der Waals surface area (Å²) in [6, 6.07) is -0.671. The standard InChI is InChI=1S/C12H18Cl3N3OS/c1-5-20-10(12(13,14)15)8(9(19)11(2,3)4)18-7-16-6-17-18/h6-8,10H,5H2,1-4H3. The lowest BCUT2D eigenvalue weighted by Crippen LogP contribution is -2.42. The number of carbonyl (C=O) groups excluding carboxylic acids is 1. The number of thioether (sulfide) groups is 1. The molecule has 0 aromatic carbocycles. The maximum Gasteiger partial charge on any atom is 0.204 e. The van der Waals surface area contributed by atoms with Crippen molar-refractivity contribution in [1.29, 1.82) is 0 Å². The summed E-state index contributed by atoms with van der Waals surface area (Å²) < 4.78 is -0.0962. The largest absolute Gasteiger partial charge is 0.297 e. The lowest BCUT2D eigenvalue weighted by Gasteiger charge is -2.34. The Balaban J connectivity index is 3.26. The molecule has 0 saturated carbocycles. The second-order valence-corrected chi connectivity index (χ2v) is 9.14. The van der Waals surface area contributed by atoms with Gasteiger partial charge in [-0.25, -0.2) is 9.67 Å². The van der Waals surface area contributed by atoms with Crippen LogP contribution in [0.5, 0.6) is 0 Å². The molecule has 0 aliphatic heterocycles. The number of carbonyl (C=O) groups is 1. The van der Waals surface area contributed by atoms with Crippen LogP contribution in [0.1, 0.15) is 33.7 Å². The number of halogens is 3. The third kappa shape index (κ3) is 4.52. The van der Waals surface area contributed by atoms with Gasteiger partial charge in [0.15, 0.2) is 5.78 Å². The number of nitrogens with zero attached hydrogens (tertiary/aromatic N) is 3. The van der Waals surface area contributed by atoms with Gasteiger partial charge < -0.3 is 0 Å². The molecule has 1 heterocycles. The Morgan fingerprint density at radius 2 is 1.95 bits per heavy atom. The molecule has 0 fully saturated rings. The molecule has 0 aliphatic carbocycles. The quantitative estimate of drug-likeness (QED) is 0.748. The van der Waals surface area contributed by atoms with Gasteiger partial charge in [0.2, 0.25) is 3.79 Å². The van der Waals surface area contributed by atoms with Crippen molar-refractivity contribution in [2.24, 2.45) is 5.41 Å². The molecule has 0 N–H and O–H groups in total. The number of hydrogen-bond acceptors (Lipinski definition) is 4. The fourth-order valence-electron chi connectivity index (χ4n) is 1.75. The van der Waals surface area contributed by atoms with Crippen LogP contribution in [0.2, 0.25) is 0 Å². The van der Waals surface area contributed by atoms with E-state index in [0.717, 1.165) is 5.75 Å². The van der Waals surface area contributed by atoms with Crippen LogP contribution in [-0.2, 0) is 4.79 Å². The van der Waals surface area contributed by atoms with Crippen molar-refractivity contribution in [2.45, 2.75) is 42.8 Å². The Labute approximate surface area is 138 Å². The summed E-state index contributed by atoms with van der Waals surface area (Å²) in [6.45, 7) is 7.47. The Hall–Kier alpha value is 0.0300. The highest BCUT2D eigenvalue weighted by molar-refractivity contribution is 8.00. The minimum absolute atomic E-state index is 0.0414. The summed E-state index contributed by atoms with van der Waals surface area (Å²) >= 11 is 19.7. The van der Waals surface area contributed by atoms with E-state index in [2.05, 4.69) is 10.1 Å². The van der Waals surface area contributed by atoms with E-state index in [1.807, 2.05) is 27.7 Å². The van der Waals surface area contributed by atoms with Gasteiger partial charge in [0.25, 0.3) is 0 Å². The first-order chi connectivity index (χ1) is 9.09. The van der Waals surface area contributed by atoms with Gasteiger partial charge in [-0.15, -0.1) is 0 Å². The summed E-state index contributed by atoms with van der Waals surface area (Å²) in [5, 5.41) is 3.53. The van der Waals surface area contributed by atoms with Gasteiger partial charge in [-0.3, -0.25) is 4.79 Å². The molecule has 0 amide bonds. The fraction of sp³-hybridized carbons (Fsp3) is 0.750. The topological polar surface area (TPSA) is 47.8 Å². The van der Waals surface area contributed by atoms with Crippen LogP contribution in [0.15, 0.2) is 12.7 Å². The van der Waals surface area contributed by atoms with Gasteiger partial charge in [0, 0.05) is 5.41 Å². The Kier molecular flexibility index (Phi) is 6.20. The summed E-state index contributed by atoms with van der Waals surface area (Å²) in [4.78, 5) is 16.6. The van der Waals surface area contributed by atoms with Gasteiger partial charge in [-0.05, 0) is 5.75 Å². The lowest BCUT2D eigenvalue weighted by atomic mass is 9.85. The summed E-state index contributed by atoms with van der Waals surface area (Å²) in [5.74, 6) is 0.682. The molecular formula is C12H18Cl3N3OS. The van der Waals surface area contributed by atoms with E-state index >= 15 is 0 Å². The summed E-state index contributed by atoms with van der Waals surface area (Å²) in [7, 11) is 0. The van der Waals surface area contributed by atoms with Gasteiger partial charge >= 0.3 is 0 Å². The average Bonchev–Trinajstić information content (AvgIpc) is 2.79. The molecule has 4 nitrogen and oxygen atoms in total. The maximum absolute atomic E-state index is 12.7. The van der Waals surface area contributed by atoms with Crippen molar-refractivity contribution in [3.05, 3.63) is 12.7 Å². The number of ketones is 1. The molecule has 114 valence electrons. The molecule has 2 atom stereocenters. The van der Waals surface area contributed by atoms with Crippen LogP contribution in [0.4, 0.5) is 0 Å². The molecule has 0 saturated heterocycles. The molecular weight excluding hydrogens is 341 g/mol. The number of aromatic nitrogens is 3. The van der Waals surface area contributed by atoms with Crippen molar-refractivity contribution >= 4 is 52.3 Å². The summed E-state index contributed by atoms with van der Waals surface area (Å²) in [5.41, 5.74) is -0.570. The smallest absolute Gasteiger partial charge is 0.204 e. The first-order valence-corrected chi connectivity index (χ1v) is 8.34. The van der Waals surface area contributed by atoms with E-state index in [-0.39, 0.29) is 5.78 Å². The van der Waals surface area contributed by atoms with Gasteiger partial charge in [0.1, 0.15) is 18.7 Å². The zero-order valence-corrected chi connectivity index (χ0v) is 14.9. The average molecular weight is 359 g/mol. The summed E-state index contributed by atoms with van der Waals surface area (Å²) in [6.07, 6.45) is 2.85. The van der Waals surface area contributed by atoms with Gasteiger partial charge in [0.05, 0.1) is 5.25 Å². The molecule has 0 bridgehead atoms. The number of rotatable bonds is 5. The fourth-order valence-corrected chi connectivity index (χ4v) is 3.65. The van der Waals surface area contributed by atoms with E-state index in [1.165, 1.54) is 29.1 Å². The number of alkyl halides is 3. The van der Waals surface area contributed by atoms with Crippen molar-refractivity contribution in [2.75, 3.05) is 5.75 Å². The van der Waals surface area contributed by atoms with Gasteiger partial charge in [-0.2, -0.15) is 16.9 Å². The van der Waals surface area contributed by atoms with Crippen molar-refractivity contribution in [1.82, 2.24) is 14.8 Å². The van der Waals surface area contributed by atoms with Crippen LogP contribution in [-0.4, -0.2) is 35.3 Å². The highest BCUT2D eigenvalue weighted by atomic mass is 35.6. The number of Topliss-reactive ketones (excluding diaryl/α,β-unsaturated/α-hetero) is 1. The molecule has 20 heavy (non-hydrogen) atoms. The zero-order chi connectivity index (χ0) is 15.6. The van der Waals surface area contributed by atoms with Crippen LogP contribution in [0.3, 0.4) is 0 Å². The van der Waals surface area contributed by atoms with E-state index in [1.54, 1.807) is 0 Å². The normalized spacial score (nSPS) is 15.9. The van der Waals surface area contributed by atoms with Crippen LogP contribution in [0, 0.1) is 5.41 Å². The Morgan fingerprint density at radius 1 is 1.35 bits per heavy atom. The zero-order valence-electron chi connectivity index (χ0n) is 11.8. The van der Waals surface area contributed by atoms with E-state index in [9.17, 15) is 4.79 Å². The van der Waals surface area contributed by atoms with Crippen LogP contribution in [0.25, 0.3) is 0 Å². The van der Waals surface area contributed by atoms with E-state index in [0.29, 0.717) is 0 Å². The van der Waals surface area contributed by atoms with Crippen molar-refractivity contribution in [3.8, 4) is 0 Å². The lowest BCUT2D eigenvalue weighted by molar-refractivity contribution is -0.130. The molecule has 0 aliphatic rings.